The van der Waals surface area contributed by atoms with E-state index in [1.807, 2.05) is 36.1 Å². The van der Waals surface area contributed by atoms with Crippen LogP contribution in [-0.4, -0.2) is 24.2 Å². The maximum absolute atomic E-state index is 10.6. The minimum Gasteiger partial charge on any atom is -0.481 e. The number of carboxylic acids is 1. The van der Waals surface area contributed by atoms with Gasteiger partial charge in [-0.2, -0.15) is 0 Å². The third-order valence-corrected chi connectivity index (χ3v) is 2.52. The van der Waals surface area contributed by atoms with Crippen molar-refractivity contribution in [3.63, 3.8) is 0 Å². The summed E-state index contributed by atoms with van der Waals surface area (Å²) in [5, 5.41) is 8.71. The van der Waals surface area contributed by atoms with E-state index in [4.69, 9.17) is 11.5 Å². The highest BCUT2D eigenvalue weighted by molar-refractivity contribution is 5.67. The largest absolute Gasteiger partial charge is 0.481 e. The van der Waals surface area contributed by atoms with Crippen molar-refractivity contribution in [2.24, 2.45) is 0 Å². The number of hydrogen-bond donors (Lipinski definition) is 1. The number of carbonyl (C=O) groups is 1. The number of aryl methyl sites for hydroxylation is 1. The van der Waals surface area contributed by atoms with Gasteiger partial charge in [0.2, 0.25) is 0 Å². The molecule has 1 aromatic rings. The van der Waals surface area contributed by atoms with Crippen LogP contribution in [0.3, 0.4) is 0 Å². The first-order valence-corrected chi connectivity index (χ1v) is 5.60. The molecule has 0 radical (unpaired) electrons. The average Bonchev–Trinajstić information content (AvgIpc) is 2.30. The average molecular weight is 231 g/mol. The van der Waals surface area contributed by atoms with Crippen molar-refractivity contribution in [1.82, 2.24) is 0 Å². The van der Waals surface area contributed by atoms with E-state index in [1.165, 1.54) is 5.56 Å². The van der Waals surface area contributed by atoms with Gasteiger partial charge in [-0.3, -0.25) is 4.79 Å². The number of benzene rings is 1. The Kier molecular flexibility index (Phi) is 5.09. The number of aliphatic carboxylic acids is 1. The van der Waals surface area contributed by atoms with Gasteiger partial charge in [0.15, 0.2) is 0 Å². The van der Waals surface area contributed by atoms with E-state index in [0.29, 0.717) is 19.5 Å². The molecule has 0 unspecified atom stereocenters. The van der Waals surface area contributed by atoms with Crippen molar-refractivity contribution in [2.75, 3.05) is 18.0 Å². The number of carboxylic acid groups (broad SMARTS) is 1. The second kappa shape index (κ2) is 6.59. The Balaban J connectivity index is 2.71. The summed E-state index contributed by atoms with van der Waals surface area (Å²) in [6.07, 6.45) is 5.98. The van der Waals surface area contributed by atoms with Crippen molar-refractivity contribution in [2.45, 2.75) is 19.8 Å². The monoisotopic (exact) mass is 231 g/mol. The molecule has 1 aromatic carbocycles. The van der Waals surface area contributed by atoms with Gasteiger partial charge >= 0.3 is 5.97 Å². The van der Waals surface area contributed by atoms with Crippen LogP contribution in [0.1, 0.15) is 18.4 Å². The topological polar surface area (TPSA) is 40.5 Å². The van der Waals surface area contributed by atoms with Crippen molar-refractivity contribution >= 4 is 11.7 Å². The Labute approximate surface area is 102 Å². The normalized spacial score (nSPS) is 9.65. The number of rotatable bonds is 6. The van der Waals surface area contributed by atoms with E-state index >= 15 is 0 Å². The van der Waals surface area contributed by atoms with Crippen LogP contribution in [0, 0.1) is 19.3 Å². The minimum absolute atomic E-state index is 0.123. The van der Waals surface area contributed by atoms with Crippen molar-refractivity contribution in [3.05, 3.63) is 29.8 Å². The first kappa shape index (κ1) is 13.1. The van der Waals surface area contributed by atoms with Crippen LogP contribution < -0.4 is 4.90 Å². The summed E-state index contributed by atoms with van der Waals surface area (Å²) in [5.41, 5.74) is 2.20. The highest BCUT2D eigenvalue weighted by Gasteiger charge is 2.07. The van der Waals surface area contributed by atoms with Gasteiger partial charge in [-0.1, -0.05) is 17.7 Å². The summed E-state index contributed by atoms with van der Waals surface area (Å²) in [6.45, 7) is 3.19. The molecule has 0 aliphatic heterocycles. The molecule has 90 valence electrons. The maximum atomic E-state index is 10.6. The summed E-state index contributed by atoms with van der Waals surface area (Å²) >= 11 is 0. The highest BCUT2D eigenvalue weighted by Crippen LogP contribution is 2.15. The number of anilines is 1. The molecule has 0 aliphatic rings. The Bertz CT molecular complexity index is 403. The van der Waals surface area contributed by atoms with E-state index in [2.05, 4.69) is 5.92 Å². The summed E-state index contributed by atoms with van der Waals surface area (Å²) in [7, 11) is 0. The predicted molar refractivity (Wildman–Crippen MR) is 69.1 cm³/mol. The molecule has 0 amide bonds. The zero-order valence-corrected chi connectivity index (χ0v) is 10.0. The van der Waals surface area contributed by atoms with Gasteiger partial charge in [0.1, 0.15) is 0 Å². The van der Waals surface area contributed by atoms with Gasteiger partial charge in [0, 0.05) is 25.2 Å². The molecule has 0 fully saturated rings. The molecule has 0 saturated carbocycles. The SMILES string of the molecule is C#CCCN(CCC(=O)O)c1ccc(C)cc1. The third-order valence-electron chi connectivity index (χ3n) is 2.52. The summed E-state index contributed by atoms with van der Waals surface area (Å²) in [5.74, 6) is 1.79. The fourth-order valence-electron chi connectivity index (χ4n) is 1.56. The standard InChI is InChI=1S/C14H17NO2/c1-3-4-10-15(11-9-14(16)17)13-7-5-12(2)6-8-13/h1,5-8H,4,9-11H2,2H3,(H,16,17). The maximum Gasteiger partial charge on any atom is 0.305 e. The molecule has 0 aliphatic carbocycles. The zero-order chi connectivity index (χ0) is 12.7. The number of nitrogens with zero attached hydrogens (tertiary/aromatic N) is 1. The van der Waals surface area contributed by atoms with E-state index in [0.717, 1.165) is 5.69 Å². The first-order valence-electron chi connectivity index (χ1n) is 5.60. The molecule has 3 heteroatoms. The van der Waals surface area contributed by atoms with Gasteiger partial charge in [-0.05, 0) is 19.1 Å². The van der Waals surface area contributed by atoms with Gasteiger partial charge in [0.05, 0.1) is 6.42 Å². The second-order valence-electron chi connectivity index (χ2n) is 3.92. The third kappa shape index (κ3) is 4.60. The fourth-order valence-corrected chi connectivity index (χ4v) is 1.56. The van der Waals surface area contributed by atoms with Gasteiger partial charge in [-0.15, -0.1) is 12.3 Å². The molecule has 0 atom stereocenters. The molecule has 0 saturated heterocycles. The predicted octanol–water partition coefficient (Wildman–Crippen LogP) is 2.30. The van der Waals surface area contributed by atoms with E-state index in [-0.39, 0.29) is 6.42 Å². The van der Waals surface area contributed by atoms with Gasteiger partial charge < -0.3 is 10.0 Å². The summed E-state index contributed by atoms with van der Waals surface area (Å²) in [4.78, 5) is 12.6. The van der Waals surface area contributed by atoms with Crippen molar-refractivity contribution in [3.8, 4) is 12.3 Å². The lowest BCUT2D eigenvalue weighted by Crippen LogP contribution is -2.27. The lowest BCUT2D eigenvalue weighted by molar-refractivity contribution is -0.136. The van der Waals surface area contributed by atoms with Crippen LogP contribution in [-0.2, 0) is 4.79 Å². The molecular weight excluding hydrogens is 214 g/mol. The van der Waals surface area contributed by atoms with Crippen LogP contribution in [0.4, 0.5) is 5.69 Å². The zero-order valence-electron chi connectivity index (χ0n) is 10.0. The first-order chi connectivity index (χ1) is 8.13. The van der Waals surface area contributed by atoms with Gasteiger partial charge in [-0.25, -0.2) is 0 Å². The molecular formula is C14H17NO2. The molecule has 3 nitrogen and oxygen atoms in total. The molecule has 0 heterocycles. The highest BCUT2D eigenvalue weighted by atomic mass is 16.4. The molecule has 1 rings (SSSR count). The van der Waals surface area contributed by atoms with Crippen LogP contribution in [0.25, 0.3) is 0 Å². The smallest absolute Gasteiger partial charge is 0.305 e. The number of hydrogen-bond acceptors (Lipinski definition) is 2. The van der Waals surface area contributed by atoms with Crippen LogP contribution in [0.15, 0.2) is 24.3 Å². The minimum atomic E-state index is -0.789. The molecule has 1 N–H and O–H groups in total. The lowest BCUT2D eigenvalue weighted by atomic mass is 10.2. The summed E-state index contributed by atoms with van der Waals surface area (Å²) in [6, 6.07) is 8.01. The molecule has 17 heavy (non-hydrogen) atoms. The van der Waals surface area contributed by atoms with Gasteiger partial charge in [0.25, 0.3) is 0 Å². The van der Waals surface area contributed by atoms with Crippen LogP contribution >= 0.6 is 0 Å². The van der Waals surface area contributed by atoms with E-state index in [9.17, 15) is 4.79 Å². The van der Waals surface area contributed by atoms with E-state index in [1.54, 1.807) is 0 Å². The fraction of sp³-hybridized carbons (Fsp3) is 0.357. The molecule has 0 aromatic heterocycles. The molecule has 0 bridgehead atoms. The van der Waals surface area contributed by atoms with Crippen LogP contribution in [0.5, 0.6) is 0 Å². The van der Waals surface area contributed by atoms with E-state index < -0.39 is 5.97 Å². The Morgan fingerprint density at radius 3 is 2.53 bits per heavy atom. The second-order valence-corrected chi connectivity index (χ2v) is 3.92. The van der Waals surface area contributed by atoms with Crippen molar-refractivity contribution < 1.29 is 9.90 Å². The number of terminal acetylenes is 1. The Morgan fingerprint density at radius 1 is 1.35 bits per heavy atom. The summed E-state index contributed by atoms with van der Waals surface area (Å²) < 4.78 is 0. The quantitative estimate of drug-likeness (QED) is 0.764. The van der Waals surface area contributed by atoms with Crippen molar-refractivity contribution in [1.29, 1.82) is 0 Å². The Hall–Kier alpha value is -1.95. The lowest BCUT2D eigenvalue weighted by Gasteiger charge is -2.23. The Morgan fingerprint density at radius 2 is 2.00 bits per heavy atom. The molecule has 0 spiro atoms. The van der Waals surface area contributed by atoms with Crippen LogP contribution in [0.2, 0.25) is 0 Å².